The van der Waals surface area contributed by atoms with Crippen molar-refractivity contribution in [1.82, 2.24) is 0 Å². The fraction of sp³-hybridized carbons (Fsp3) is 0.571. The normalized spacial score (nSPS) is 22.1. The maximum Gasteiger partial charge on any atom is 0.142 e. The van der Waals surface area contributed by atoms with Crippen LogP contribution in [0.4, 0.5) is 5.69 Å². The molecule has 1 saturated carbocycles. The molecule has 1 fully saturated rings. The molecule has 0 unspecified atom stereocenters. The Labute approximate surface area is 97.0 Å². The second-order valence-corrected chi connectivity index (χ2v) is 5.35. The van der Waals surface area contributed by atoms with Crippen LogP contribution in [0.25, 0.3) is 0 Å². The van der Waals surface area contributed by atoms with E-state index in [1.54, 1.807) is 0 Å². The number of rotatable bonds is 0. The highest BCUT2D eigenvalue weighted by Gasteiger charge is 2.36. The third-order valence-corrected chi connectivity index (χ3v) is 3.99. The molecule has 1 heterocycles. The maximum absolute atomic E-state index is 6.00. The molecule has 0 aromatic heterocycles. The first-order valence-electron chi connectivity index (χ1n) is 6.25. The van der Waals surface area contributed by atoms with Crippen LogP contribution in [0.15, 0.2) is 18.2 Å². The molecule has 3 rings (SSSR count). The topological polar surface area (TPSA) is 21.3 Å². The second kappa shape index (κ2) is 3.69. The van der Waals surface area contributed by atoms with Crippen molar-refractivity contribution in [2.45, 2.75) is 32.6 Å². The summed E-state index contributed by atoms with van der Waals surface area (Å²) in [6.45, 7) is 4.07. The zero-order chi connectivity index (χ0) is 11.0. The van der Waals surface area contributed by atoms with E-state index < -0.39 is 0 Å². The number of hydrogen-bond acceptors (Lipinski definition) is 2. The van der Waals surface area contributed by atoms with Gasteiger partial charge in [-0.15, -0.1) is 0 Å². The van der Waals surface area contributed by atoms with Crippen LogP contribution < -0.4 is 10.1 Å². The van der Waals surface area contributed by atoms with Crippen LogP contribution in [0.5, 0.6) is 5.75 Å². The molecule has 1 aliphatic carbocycles. The Morgan fingerprint density at radius 2 is 2.06 bits per heavy atom. The third kappa shape index (κ3) is 1.66. The van der Waals surface area contributed by atoms with Gasteiger partial charge in [0.1, 0.15) is 5.75 Å². The van der Waals surface area contributed by atoms with Crippen molar-refractivity contribution in [2.75, 3.05) is 18.5 Å². The molecule has 0 radical (unpaired) electrons. The van der Waals surface area contributed by atoms with Gasteiger partial charge in [-0.3, -0.25) is 0 Å². The van der Waals surface area contributed by atoms with Crippen molar-refractivity contribution < 1.29 is 4.74 Å². The molecule has 2 nitrogen and oxygen atoms in total. The van der Waals surface area contributed by atoms with Gasteiger partial charge >= 0.3 is 0 Å². The van der Waals surface area contributed by atoms with Crippen LogP contribution in [-0.4, -0.2) is 13.2 Å². The average molecular weight is 217 g/mol. The second-order valence-electron chi connectivity index (χ2n) is 5.35. The lowest BCUT2D eigenvalue weighted by molar-refractivity contribution is 0.169. The average Bonchev–Trinajstić information content (AvgIpc) is 2.66. The number of fused-ring (bicyclic) bond motifs is 1. The Bertz CT molecular complexity index is 394. The number of aryl methyl sites for hydroxylation is 1. The van der Waals surface area contributed by atoms with Crippen molar-refractivity contribution >= 4 is 5.69 Å². The van der Waals surface area contributed by atoms with Gasteiger partial charge in [0.15, 0.2) is 0 Å². The molecule has 0 bridgehead atoms. The fourth-order valence-corrected chi connectivity index (χ4v) is 2.91. The van der Waals surface area contributed by atoms with E-state index in [-0.39, 0.29) is 0 Å². The van der Waals surface area contributed by atoms with E-state index in [2.05, 4.69) is 30.4 Å². The predicted molar refractivity (Wildman–Crippen MR) is 66.1 cm³/mol. The van der Waals surface area contributed by atoms with Crippen LogP contribution in [-0.2, 0) is 0 Å². The Morgan fingerprint density at radius 3 is 2.88 bits per heavy atom. The first-order chi connectivity index (χ1) is 7.77. The monoisotopic (exact) mass is 217 g/mol. The highest BCUT2D eigenvalue weighted by molar-refractivity contribution is 5.58. The lowest BCUT2D eigenvalue weighted by Crippen LogP contribution is -2.30. The van der Waals surface area contributed by atoms with Gasteiger partial charge in [0.25, 0.3) is 0 Å². The molecule has 1 aromatic rings. The van der Waals surface area contributed by atoms with Crippen LogP contribution >= 0.6 is 0 Å². The molecule has 2 aliphatic rings. The summed E-state index contributed by atoms with van der Waals surface area (Å²) in [4.78, 5) is 0. The largest absolute Gasteiger partial charge is 0.491 e. The zero-order valence-corrected chi connectivity index (χ0v) is 9.88. The fourth-order valence-electron chi connectivity index (χ4n) is 2.91. The van der Waals surface area contributed by atoms with Crippen LogP contribution in [0, 0.1) is 12.3 Å². The zero-order valence-electron chi connectivity index (χ0n) is 9.88. The number of ether oxygens (including phenoxy) is 1. The minimum Gasteiger partial charge on any atom is -0.491 e. The number of nitrogens with one attached hydrogen (secondary N) is 1. The van der Waals surface area contributed by atoms with Gasteiger partial charge in [-0.1, -0.05) is 18.9 Å². The number of anilines is 1. The van der Waals surface area contributed by atoms with E-state index in [9.17, 15) is 0 Å². The Kier molecular flexibility index (Phi) is 2.31. The molecule has 1 spiro atoms. The van der Waals surface area contributed by atoms with Crippen molar-refractivity contribution in [3.8, 4) is 5.75 Å². The molecular weight excluding hydrogens is 198 g/mol. The van der Waals surface area contributed by atoms with E-state index in [0.29, 0.717) is 5.41 Å². The Balaban J connectivity index is 1.86. The summed E-state index contributed by atoms with van der Waals surface area (Å²) in [5.41, 5.74) is 2.82. The van der Waals surface area contributed by atoms with Crippen molar-refractivity contribution in [1.29, 1.82) is 0 Å². The molecule has 86 valence electrons. The molecule has 2 heteroatoms. The van der Waals surface area contributed by atoms with E-state index in [4.69, 9.17) is 4.74 Å². The smallest absolute Gasteiger partial charge is 0.142 e. The highest BCUT2D eigenvalue weighted by Crippen LogP contribution is 2.42. The molecule has 1 aliphatic heterocycles. The summed E-state index contributed by atoms with van der Waals surface area (Å²) in [5.74, 6) is 1.03. The molecule has 0 saturated heterocycles. The quantitative estimate of drug-likeness (QED) is 0.719. The van der Waals surface area contributed by atoms with Crippen molar-refractivity contribution in [3.63, 3.8) is 0 Å². The van der Waals surface area contributed by atoms with E-state index in [1.807, 2.05) is 0 Å². The van der Waals surface area contributed by atoms with E-state index in [1.165, 1.54) is 31.2 Å². The minimum absolute atomic E-state index is 0.396. The van der Waals surface area contributed by atoms with Crippen LogP contribution in [0.3, 0.4) is 0 Å². The van der Waals surface area contributed by atoms with E-state index in [0.717, 1.165) is 24.6 Å². The summed E-state index contributed by atoms with van der Waals surface area (Å²) < 4.78 is 6.00. The predicted octanol–water partition coefficient (Wildman–Crippen LogP) is 3.36. The highest BCUT2D eigenvalue weighted by atomic mass is 16.5. The van der Waals surface area contributed by atoms with Gasteiger partial charge in [-0.25, -0.2) is 0 Å². The van der Waals surface area contributed by atoms with Gasteiger partial charge < -0.3 is 10.1 Å². The van der Waals surface area contributed by atoms with Crippen molar-refractivity contribution in [2.24, 2.45) is 5.41 Å². The molecule has 0 amide bonds. The van der Waals surface area contributed by atoms with Crippen molar-refractivity contribution in [3.05, 3.63) is 23.8 Å². The van der Waals surface area contributed by atoms with Crippen LogP contribution in [0.1, 0.15) is 31.2 Å². The summed E-state index contributed by atoms with van der Waals surface area (Å²) >= 11 is 0. The van der Waals surface area contributed by atoms with E-state index >= 15 is 0 Å². The minimum atomic E-state index is 0.396. The van der Waals surface area contributed by atoms with Gasteiger partial charge in [0, 0.05) is 12.0 Å². The molecule has 0 atom stereocenters. The summed E-state index contributed by atoms with van der Waals surface area (Å²) in [5, 5.41) is 3.56. The number of hydrogen-bond donors (Lipinski definition) is 1. The maximum atomic E-state index is 6.00. The standard InChI is InChI=1S/C14H19NO/c1-11-4-5-12-13(8-11)16-10-14(9-15-12)6-2-3-7-14/h4-5,8,15H,2-3,6-7,9-10H2,1H3. The van der Waals surface area contributed by atoms with Gasteiger partial charge in [0.2, 0.25) is 0 Å². The summed E-state index contributed by atoms with van der Waals surface area (Å²) in [7, 11) is 0. The lowest BCUT2D eigenvalue weighted by Gasteiger charge is -2.25. The first kappa shape index (κ1) is 10.0. The van der Waals surface area contributed by atoms with Gasteiger partial charge in [-0.2, -0.15) is 0 Å². The number of benzene rings is 1. The Morgan fingerprint density at radius 1 is 1.25 bits per heavy atom. The third-order valence-electron chi connectivity index (χ3n) is 3.99. The molecule has 1 N–H and O–H groups in total. The lowest BCUT2D eigenvalue weighted by atomic mass is 9.87. The van der Waals surface area contributed by atoms with Gasteiger partial charge in [-0.05, 0) is 37.5 Å². The Hall–Kier alpha value is -1.18. The first-order valence-corrected chi connectivity index (χ1v) is 6.25. The van der Waals surface area contributed by atoms with Crippen LogP contribution in [0.2, 0.25) is 0 Å². The molecule has 1 aromatic carbocycles. The summed E-state index contributed by atoms with van der Waals surface area (Å²) in [6.07, 6.45) is 5.35. The molecule has 16 heavy (non-hydrogen) atoms. The molecular formula is C14H19NO. The van der Waals surface area contributed by atoms with Gasteiger partial charge in [0.05, 0.1) is 12.3 Å². The SMILES string of the molecule is Cc1ccc2c(c1)OCC1(CCCC1)CN2. The summed E-state index contributed by atoms with van der Waals surface area (Å²) in [6, 6.07) is 6.41.